The van der Waals surface area contributed by atoms with Gasteiger partial charge in [0.25, 0.3) is 0 Å². The molecule has 4 nitrogen and oxygen atoms in total. The highest BCUT2D eigenvalue weighted by molar-refractivity contribution is 7.99. The number of carbonyl (C=O) groups is 1. The summed E-state index contributed by atoms with van der Waals surface area (Å²) >= 11 is 1.88. The highest BCUT2D eigenvalue weighted by Gasteiger charge is 2.16. The second-order valence-electron chi connectivity index (χ2n) is 7.76. The zero-order valence-corrected chi connectivity index (χ0v) is 18.5. The first kappa shape index (κ1) is 21.5. The van der Waals surface area contributed by atoms with Crippen molar-refractivity contribution in [2.24, 2.45) is 5.92 Å². The maximum atomic E-state index is 12.6. The number of aryl methyl sites for hydroxylation is 2. The number of nitrogens with zero attached hydrogens (tertiary/aromatic N) is 2. The minimum Gasteiger partial charge on any atom is -0.326 e. The van der Waals surface area contributed by atoms with Gasteiger partial charge >= 0.3 is 0 Å². The molecule has 0 bridgehead atoms. The average Bonchev–Trinajstić information content (AvgIpc) is 2.84. The Bertz CT molecular complexity index is 795. The number of benzene rings is 1. The van der Waals surface area contributed by atoms with Crippen molar-refractivity contribution in [1.29, 1.82) is 0 Å². The Labute approximate surface area is 168 Å². The summed E-state index contributed by atoms with van der Waals surface area (Å²) < 4.78 is 2.02. The van der Waals surface area contributed by atoms with Crippen molar-refractivity contribution in [1.82, 2.24) is 9.78 Å². The Morgan fingerprint density at radius 3 is 2.52 bits per heavy atom. The summed E-state index contributed by atoms with van der Waals surface area (Å²) in [5, 5.41) is 8.28. The van der Waals surface area contributed by atoms with Gasteiger partial charge < -0.3 is 5.32 Å². The van der Waals surface area contributed by atoms with Crippen molar-refractivity contribution in [2.45, 2.75) is 78.0 Å². The van der Waals surface area contributed by atoms with Crippen LogP contribution in [-0.2, 0) is 17.8 Å². The van der Waals surface area contributed by atoms with Gasteiger partial charge in [0.15, 0.2) is 0 Å². The van der Waals surface area contributed by atoms with E-state index in [0.717, 1.165) is 41.2 Å². The molecule has 1 aromatic heterocycles. The number of carbonyl (C=O) groups excluding carboxylic acids is 1. The van der Waals surface area contributed by atoms with Gasteiger partial charge in [-0.1, -0.05) is 27.7 Å². The van der Waals surface area contributed by atoms with Crippen molar-refractivity contribution in [3.63, 3.8) is 0 Å². The van der Waals surface area contributed by atoms with Gasteiger partial charge in [0.1, 0.15) is 0 Å². The third kappa shape index (κ3) is 5.86. The van der Waals surface area contributed by atoms with Gasteiger partial charge in [-0.25, -0.2) is 0 Å². The molecule has 0 saturated heterocycles. The molecular formula is C22H33N3OS. The standard InChI is InChI=1S/C22H33N3OS/c1-8-16(5)27-19-9-10-21(15(4)11-19)23-22(26)12-20-17(6)24-25(18(20)7)13-14(2)3/h9-11,14,16H,8,12-13H2,1-7H3,(H,23,26). The van der Waals surface area contributed by atoms with Crippen molar-refractivity contribution in [3.05, 3.63) is 40.7 Å². The topological polar surface area (TPSA) is 46.9 Å². The van der Waals surface area contributed by atoms with Crippen LogP contribution in [0.15, 0.2) is 23.1 Å². The molecule has 0 aliphatic carbocycles. The number of hydrogen-bond acceptors (Lipinski definition) is 3. The third-order valence-corrected chi connectivity index (χ3v) is 6.05. The van der Waals surface area contributed by atoms with E-state index in [4.69, 9.17) is 0 Å². The first-order valence-corrected chi connectivity index (χ1v) is 10.7. The summed E-state index contributed by atoms with van der Waals surface area (Å²) in [6, 6.07) is 6.26. The van der Waals surface area contributed by atoms with Gasteiger partial charge in [-0.15, -0.1) is 11.8 Å². The molecule has 5 heteroatoms. The fourth-order valence-corrected chi connectivity index (χ4v) is 4.06. The van der Waals surface area contributed by atoms with Crippen molar-refractivity contribution < 1.29 is 4.79 Å². The monoisotopic (exact) mass is 387 g/mol. The summed E-state index contributed by atoms with van der Waals surface area (Å²) in [6.45, 7) is 15.8. The zero-order chi connectivity index (χ0) is 20.1. The Hall–Kier alpha value is -1.75. The maximum absolute atomic E-state index is 12.6. The number of aromatic nitrogens is 2. The molecule has 27 heavy (non-hydrogen) atoms. The van der Waals surface area contributed by atoms with Crippen LogP contribution in [0.5, 0.6) is 0 Å². The molecule has 0 aliphatic heterocycles. The normalized spacial score (nSPS) is 12.4. The lowest BCUT2D eigenvalue weighted by Crippen LogP contribution is -2.16. The molecule has 148 valence electrons. The van der Waals surface area contributed by atoms with E-state index in [1.165, 1.54) is 4.90 Å². The molecule has 0 saturated carbocycles. The summed E-state index contributed by atoms with van der Waals surface area (Å²) in [5.41, 5.74) is 5.06. The van der Waals surface area contributed by atoms with Gasteiger partial charge in [0.2, 0.25) is 5.91 Å². The molecule has 2 aromatic rings. The Morgan fingerprint density at radius 1 is 1.22 bits per heavy atom. The minimum absolute atomic E-state index is 0.00993. The molecule has 1 unspecified atom stereocenters. The highest BCUT2D eigenvalue weighted by Crippen LogP contribution is 2.28. The highest BCUT2D eigenvalue weighted by atomic mass is 32.2. The molecule has 1 aromatic carbocycles. The van der Waals surface area contributed by atoms with E-state index >= 15 is 0 Å². The van der Waals surface area contributed by atoms with Crippen LogP contribution >= 0.6 is 11.8 Å². The molecule has 2 rings (SSSR count). The van der Waals surface area contributed by atoms with Gasteiger partial charge in [-0.3, -0.25) is 9.48 Å². The van der Waals surface area contributed by atoms with Crippen LogP contribution in [0.4, 0.5) is 5.69 Å². The molecule has 0 spiro atoms. The lowest BCUT2D eigenvalue weighted by Gasteiger charge is -2.13. The maximum Gasteiger partial charge on any atom is 0.228 e. The van der Waals surface area contributed by atoms with Crippen LogP contribution < -0.4 is 5.32 Å². The number of thioether (sulfide) groups is 1. The zero-order valence-electron chi connectivity index (χ0n) is 17.7. The molecule has 0 fully saturated rings. The van der Waals surface area contributed by atoms with Gasteiger partial charge in [-0.2, -0.15) is 5.10 Å². The number of nitrogens with one attached hydrogen (secondary N) is 1. The fourth-order valence-electron chi connectivity index (χ4n) is 3.03. The largest absolute Gasteiger partial charge is 0.326 e. The predicted octanol–water partition coefficient (Wildman–Crippen LogP) is 5.54. The Kier molecular flexibility index (Phi) is 7.54. The Morgan fingerprint density at radius 2 is 1.93 bits per heavy atom. The Balaban J connectivity index is 2.07. The summed E-state index contributed by atoms with van der Waals surface area (Å²) in [4.78, 5) is 13.9. The van der Waals surface area contributed by atoms with E-state index in [-0.39, 0.29) is 5.91 Å². The summed E-state index contributed by atoms with van der Waals surface area (Å²) in [6.07, 6.45) is 1.50. The van der Waals surface area contributed by atoms with Crippen LogP contribution in [0.3, 0.4) is 0 Å². The molecule has 1 atom stereocenters. The van der Waals surface area contributed by atoms with E-state index in [9.17, 15) is 4.79 Å². The van der Waals surface area contributed by atoms with Gasteiger partial charge in [-0.05, 0) is 56.9 Å². The quantitative estimate of drug-likeness (QED) is 0.605. The number of rotatable bonds is 8. The van der Waals surface area contributed by atoms with Crippen molar-refractivity contribution in [2.75, 3.05) is 5.32 Å². The lowest BCUT2D eigenvalue weighted by molar-refractivity contribution is -0.115. The SMILES string of the molecule is CCC(C)Sc1ccc(NC(=O)Cc2c(C)nn(CC(C)C)c2C)c(C)c1. The first-order valence-electron chi connectivity index (χ1n) is 9.81. The van der Waals surface area contributed by atoms with E-state index in [0.29, 0.717) is 17.6 Å². The minimum atomic E-state index is 0.00993. The summed E-state index contributed by atoms with van der Waals surface area (Å²) in [5.74, 6) is 0.537. The molecule has 1 N–H and O–H groups in total. The van der Waals surface area contributed by atoms with E-state index < -0.39 is 0 Å². The van der Waals surface area contributed by atoms with Gasteiger partial charge in [0, 0.05) is 33.6 Å². The average molecular weight is 388 g/mol. The van der Waals surface area contributed by atoms with E-state index in [1.54, 1.807) is 0 Å². The second-order valence-corrected chi connectivity index (χ2v) is 9.28. The molecular weight excluding hydrogens is 354 g/mol. The van der Waals surface area contributed by atoms with Crippen molar-refractivity contribution >= 4 is 23.4 Å². The number of amides is 1. The van der Waals surface area contributed by atoms with Gasteiger partial charge in [0.05, 0.1) is 12.1 Å². The molecule has 0 aliphatic rings. The predicted molar refractivity (Wildman–Crippen MR) is 116 cm³/mol. The smallest absolute Gasteiger partial charge is 0.228 e. The van der Waals surface area contributed by atoms with Crippen LogP contribution in [0, 0.1) is 26.7 Å². The lowest BCUT2D eigenvalue weighted by atomic mass is 10.1. The molecule has 0 radical (unpaired) electrons. The third-order valence-electron chi connectivity index (χ3n) is 4.79. The van der Waals surface area contributed by atoms with Crippen molar-refractivity contribution in [3.8, 4) is 0 Å². The fraction of sp³-hybridized carbons (Fsp3) is 0.545. The number of hydrogen-bond donors (Lipinski definition) is 1. The second kappa shape index (κ2) is 9.45. The van der Waals surface area contributed by atoms with Crippen LogP contribution in [0.2, 0.25) is 0 Å². The molecule has 1 amide bonds. The first-order chi connectivity index (χ1) is 12.7. The van der Waals surface area contributed by atoms with E-state index in [1.807, 2.05) is 36.4 Å². The van der Waals surface area contributed by atoms with Crippen LogP contribution in [0.25, 0.3) is 0 Å². The molecule has 1 heterocycles. The number of anilines is 1. The van der Waals surface area contributed by atoms with Crippen LogP contribution in [-0.4, -0.2) is 20.9 Å². The summed E-state index contributed by atoms with van der Waals surface area (Å²) in [7, 11) is 0. The van der Waals surface area contributed by atoms with Crippen LogP contribution in [0.1, 0.15) is 56.6 Å². The van der Waals surface area contributed by atoms with E-state index in [2.05, 4.69) is 57.2 Å².